The second kappa shape index (κ2) is 10.0. The SMILES string of the molecule is CC1COC(OC2=CC(O)(C(=O)OCCN)Cc3c(O)c4c(c(O)c32)C(=O)C2C(O)=CC=CC2C4=O)C(O)C1N. The average Bonchev–Trinajstić information content (AvgIpc) is 2.92. The first-order valence-electron chi connectivity index (χ1n) is 12.7. The zero-order valence-corrected chi connectivity index (χ0v) is 21.4. The fourth-order valence-corrected chi connectivity index (χ4v) is 5.54. The molecule has 0 spiro atoms. The summed E-state index contributed by atoms with van der Waals surface area (Å²) in [5.74, 6) is -7.85. The number of phenolic OH excluding ortho intramolecular Hbond substituents is 2. The van der Waals surface area contributed by atoms with Crippen molar-refractivity contribution in [2.45, 2.75) is 37.4 Å². The van der Waals surface area contributed by atoms with E-state index in [0.29, 0.717) is 0 Å². The van der Waals surface area contributed by atoms with Gasteiger partial charge in [0.1, 0.15) is 35.7 Å². The van der Waals surface area contributed by atoms with Gasteiger partial charge in [-0.15, -0.1) is 0 Å². The van der Waals surface area contributed by atoms with Crippen LogP contribution in [-0.4, -0.2) is 86.9 Å². The van der Waals surface area contributed by atoms with Gasteiger partial charge in [-0.05, 0) is 12.0 Å². The average molecular weight is 559 g/mol. The highest BCUT2D eigenvalue weighted by Crippen LogP contribution is 2.51. The van der Waals surface area contributed by atoms with Gasteiger partial charge in [0.15, 0.2) is 17.2 Å². The molecule has 7 unspecified atom stereocenters. The number of aliphatic hydroxyl groups excluding tert-OH is 2. The number of rotatable bonds is 5. The Morgan fingerprint density at radius 1 is 1.15 bits per heavy atom. The second-order valence-electron chi connectivity index (χ2n) is 10.4. The molecular formula is C27H30N2O11. The number of hydrogen-bond donors (Lipinski definition) is 7. The summed E-state index contributed by atoms with van der Waals surface area (Å²) in [6, 6.07) is -0.772. The highest BCUT2D eigenvalue weighted by molar-refractivity contribution is 6.21. The smallest absolute Gasteiger partial charge is 0.342 e. The molecule has 3 aliphatic carbocycles. The summed E-state index contributed by atoms with van der Waals surface area (Å²) in [4.78, 5) is 39.8. The lowest BCUT2D eigenvalue weighted by atomic mass is 9.69. The van der Waals surface area contributed by atoms with Gasteiger partial charge in [0.25, 0.3) is 0 Å². The number of nitrogens with two attached hydrogens (primary N) is 2. The van der Waals surface area contributed by atoms with Crippen LogP contribution < -0.4 is 11.5 Å². The van der Waals surface area contributed by atoms with Gasteiger partial charge >= 0.3 is 5.97 Å². The summed E-state index contributed by atoms with van der Waals surface area (Å²) in [5.41, 5.74) is 7.30. The molecule has 5 rings (SSSR count). The first kappa shape index (κ1) is 27.8. The van der Waals surface area contributed by atoms with Crippen molar-refractivity contribution in [3.8, 4) is 11.5 Å². The van der Waals surface area contributed by atoms with Gasteiger partial charge in [-0.1, -0.05) is 19.1 Å². The quantitative estimate of drug-likeness (QED) is 0.179. The molecule has 9 N–H and O–H groups in total. The van der Waals surface area contributed by atoms with E-state index >= 15 is 0 Å². The van der Waals surface area contributed by atoms with E-state index in [9.17, 15) is 39.9 Å². The molecular weight excluding hydrogens is 528 g/mol. The van der Waals surface area contributed by atoms with E-state index < -0.39 is 88.2 Å². The van der Waals surface area contributed by atoms with Crippen LogP contribution >= 0.6 is 0 Å². The van der Waals surface area contributed by atoms with Crippen molar-refractivity contribution in [1.29, 1.82) is 0 Å². The fraction of sp³-hybridized carbons (Fsp3) is 0.444. The van der Waals surface area contributed by atoms with Gasteiger partial charge in [0, 0.05) is 30.6 Å². The van der Waals surface area contributed by atoms with Gasteiger partial charge in [-0.25, -0.2) is 4.79 Å². The monoisotopic (exact) mass is 558 g/mol. The first-order chi connectivity index (χ1) is 18.9. The maximum Gasteiger partial charge on any atom is 0.342 e. The molecule has 0 radical (unpaired) electrons. The number of hydrogen-bond acceptors (Lipinski definition) is 13. The number of fused-ring (bicyclic) bond motifs is 3. The molecule has 1 aromatic rings. The van der Waals surface area contributed by atoms with Crippen LogP contribution in [0, 0.1) is 17.8 Å². The fourth-order valence-electron chi connectivity index (χ4n) is 5.54. The number of benzene rings is 1. The lowest BCUT2D eigenvalue weighted by Gasteiger charge is -2.39. The molecule has 0 amide bonds. The van der Waals surface area contributed by atoms with Crippen molar-refractivity contribution in [1.82, 2.24) is 0 Å². The number of carbonyl (C=O) groups is 3. The van der Waals surface area contributed by atoms with Crippen molar-refractivity contribution < 1.29 is 54.1 Å². The highest BCUT2D eigenvalue weighted by atomic mass is 16.7. The Labute approximate surface area is 227 Å². The zero-order valence-electron chi connectivity index (χ0n) is 21.4. The second-order valence-corrected chi connectivity index (χ2v) is 10.4. The third-order valence-corrected chi connectivity index (χ3v) is 7.75. The van der Waals surface area contributed by atoms with E-state index in [0.717, 1.165) is 6.08 Å². The normalized spacial score (nSPS) is 32.8. The number of allylic oxidation sites excluding steroid dienone is 4. The van der Waals surface area contributed by atoms with Gasteiger partial charge in [0.05, 0.1) is 35.1 Å². The summed E-state index contributed by atoms with van der Waals surface area (Å²) >= 11 is 0. The Bertz CT molecular complexity index is 1380. The molecule has 1 saturated heterocycles. The van der Waals surface area contributed by atoms with Crippen LogP contribution in [0.5, 0.6) is 11.5 Å². The Morgan fingerprint density at radius 3 is 2.55 bits per heavy atom. The van der Waals surface area contributed by atoms with Crippen molar-refractivity contribution in [3.63, 3.8) is 0 Å². The number of ketones is 2. The lowest BCUT2D eigenvalue weighted by molar-refractivity contribution is -0.203. The number of ether oxygens (including phenoxy) is 3. The van der Waals surface area contributed by atoms with Gasteiger partial charge in [-0.3, -0.25) is 9.59 Å². The third-order valence-electron chi connectivity index (χ3n) is 7.75. The minimum atomic E-state index is -2.47. The van der Waals surface area contributed by atoms with Crippen LogP contribution in [0.3, 0.4) is 0 Å². The molecule has 0 bridgehead atoms. The molecule has 13 nitrogen and oxygen atoms in total. The van der Waals surface area contributed by atoms with Crippen molar-refractivity contribution in [3.05, 3.63) is 52.3 Å². The molecule has 1 aromatic carbocycles. The van der Waals surface area contributed by atoms with Gasteiger partial charge < -0.3 is 51.2 Å². The van der Waals surface area contributed by atoms with Crippen LogP contribution in [0.4, 0.5) is 0 Å². The van der Waals surface area contributed by atoms with E-state index in [2.05, 4.69) is 0 Å². The number of phenols is 2. The Morgan fingerprint density at radius 2 is 1.85 bits per heavy atom. The van der Waals surface area contributed by atoms with Crippen molar-refractivity contribution in [2.24, 2.45) is 29.2 Å². The summed E-state index contributed by atoms with van der Waals surface area (Å²) < 4.78 is 16.4. The third kappa shape index (κ3) is 4.17. The minimum Gasteiger partial charge on any atom is -0.512 e. The van der Waals surface area contributed by atoms with E-state index in [4.69, 9.17) is 25.7 Å². The standard InChI is InChI=1S/C27H30N2O11/c1-10-9-39-25(24(35)19(10)29)40-14-8-27(37,26(36)38-6-5-28)7-12-16(14)23(34)18-17(21(12)32)20(31)11-3-2-4-13(30)15(11)22(18)33/h2-4,8,10-11,15,19,24-25,30,32,34-35,37H,5-7,9,28-29H2,1H3. The number of Topliss-reactive ketones (excluding diaryl/α,β-unsaturated/α-hetero) is 2. The summed E-state index contributed by atoms with van der Waals surface area (Å²) in [5, 5.41) is 55.1. The largest absolute Gasteiger partial charge is 0.512 e. The van der Waals surface area contributed by atoms with Crippen LogP contribution in [0.1, 0.15) is 38.8 Å². The van der Waals surface area contributed by atoms with E-state index in [-0.39, 0.29) is 42.6 Å². The van der Waals surface area contributed by atoms with Crippen LogP contribution in [0.25, 0.3) is 5.76 Å². The Kier molecular flexibility index (Phi) is 6.96. The molecule has 4 aliphatic rings. The molecule has 7 atom stereocenters. The van der Waals surface area contributed by atoms with Crippen LogP contribution in [0.15, 0.2) is 30.1 Å². The molecule has 0 saturated carbocycles. The van der Waals surface area contributed by atoms with Gasteiger partial charge in [-0.2, -0.15) is 0 Å². The molecule has 13 heteroatoms. The predicted octanol–water partition coefficient (Wildman–Crippen LogP) is -0.452. The van der Waals surface area contributed by atoms with E-state index in [1.165, 1.54) is 18.2 Å². The molecule has 1 heterocycles. The van der Waals surface area contributed by atoms with Crippen LogP contribution in [-0.2, 0) is 25.4 Å². The summed E-state index contributed by atoms with van der Waals surface area (Å²) in [6.07, 6.45) is 1.46. The summed E-state index contributed by atoms with van der Waals surface area (Å²) in [7, 11) is 0. The van der Waals surface area contributed by atoms with Crippen molar-refractivity contribution >= 4 is 23.3 Å². The predicted molar refractivity (Wildman–Crippen MR) is 136 cm³/mol. The van der Waals surface area contributed by atoms with E-state index in [1.807, 2.05) is 0 Å². The number of aliphatic hydroxyl groups is 3. The number of carbonyl (C=O) groups excluding carboxylic acids is 3. The highest BCUT2D eigenvalue weighted by Gasteiger charge is 2.51. The topological polar surface area (TPSA) is 232 Å². The first-order valence-corrected chi connectivity index (χ1v) is 12.7. The molecule has 40 heavy (non-hydrogen) atoms. The Hall–Kier alpha value is -3.75. The maximum absolute atomic E-state index is 13.5. The van der Waals surface area contributed by atoms with Gasteiger partial charge in [0.2, 0.25) is 6.29 Å². The number of aromatic hydroxyl groups is 2. The molecule has 1 fully saturated rings. The number of esters is 1. The summed E-state index contributed by atoms with van der Waals surface area (Å²) in [6.45, 7) is 1.55. The minimum absolute atomic E-state index is 0.0445. The van der Waals surface area contributed by atoms with E-state index in [1.54, 1.807) is 6.92 Å². The van der Waals surface area contributed by atoms with Crippen LogP contribution in [0.2, 0.25) is 0 Å². The van der Waals surface area contributed by atoms with Crippen molar-refractivity contribution in [2.75, 3.05) is 19.8 Å². The zero-order chi connectivity index (χ0) is 29.1. The molecule has 0 aromatic heterocycles. The Balaban J connectivity index is 1.68. The molecule has 1 aliphatic heterocycles. The lowest BCUT2D eigenvalue weighted by Crippen LogP contribution is -2.54. The molecule has 214 valence electrons. The maximum atomic E-state index is 13.5.